The minimum Gasteiger partial charge on any atom is -0.491 e. The van der Waals surface area contributed by atoms with Crippen molar-refractivity contribution >= 4 is 34.3 Å². The highest BCUT2D eigenvalue weighted by Gasteiger charge is 2.20. The van der Waals surface area contributed by atoms with E-state index in [9.17, 15) is 13.2 Å². The first kappa shape index (κ1) is 29.5. The molecule has 10 heteroatoms. The van der Waals surface area contributed by atoms with Crippen LogP contribution in [0.1, 0.15) is 37.5 Å². The van der Waals surface area contributed by atoms with E-state index in [1.165, 1.54) is 17.0 Å². The van der Waals surface area contributed by atoms with Crippen LogP contribution < -0.4 is 9.64 Å². The van der Waals surface area contributed by atoms with Crippen LogP contribution in [0.4, 0.5) is 10.5 Å². The Morgan fingerprint density at radius 2 is 1.38 bits per heavy atom. The Kier molecular flexibility index (Phi) is 9.97. The fraction of sp³-hybridized carbons (Fsp3) is 0.276. The Labute approximate surface area is 229 Å². The second-order valence-corrected chi connectivity index (χ2v) is 11.2. The average Bonchev–Trinajstić information content (AvgIpc) is 2.89. The summed E-state index contributed by atoms with van der Waals surface area (Å²) < 4.78 is 40.4. The van der Waals surface area contributed by atoms with Crippen molar-refractivity contribution < 1.29 is 26.9 Å². The number of benzene rings is 3. The molecule has 3 aromatic rings. The molecule has 0 radical (unpaired) electrons. The number of aryl methyl sites for hydroxylation is 1. The lowest BCUT2D eigenvalue weighted by atomic mass is 10.2. The molecule has 39 heavy (non-hydrogen) atoms. The topological polar surface area (TPSA) is 107 Å². The molecular formula is C29H33N3O6S. The SMILES string of the molecule is Cc1ccc(S(=O)(=O)OCCOc2ccc(/C=N/N=C/c3ccc(N(C)C(=O)OC(C)(C)C)cc3)cc2)cc1. The number of carbonyl (C=O) groups excluding carboxylic acids is 1. The molecule has 0 aliphatic rings. The van der Waals surface area contributed by atoms with Crippen LogP contribution in [-0.4, -0.2) is 52.8 Å². The number of nitrogens with zero attached hydrogens (tertiary/aromatic N) is 3. The van der Waals surface area contributed by atoms with E-state index < -0.39 is 21.8 Å². The van der Waals surface area contributed by atoms with Gasteiger partial charge in [0.2, 0.25) is 0 Å². The number of hydrogen-bond donors (Lipinski definition) is 0. The first-order chi connectivity index (χ1) is 18.4. The van der Waals surface area contributed by atoms with Crippen molar-refractivity contribution in [2.45, 2.75) is 38.2 Å². The van der Waals surface area contributed by atoms with Gasteiger partial charge in [0.05, 0.1) is 17.3 Å². The molecule has 0 aliphatic heterocycles. The number of ether oxygens (including phenoxy) is 2. The molecule has 206 valence electrons. The van der Waals surface area contributed by atoms with Crippen LogP contribution in [0.3, 0.4) is 0 Å². The summed E-state index contributed by atoms with van der Waals surface area (Å²) in [5.74, 6) is 0.573. The van der Waals surface area contributed by atoms with Gasteiger partial charge in [0, 0.05) is 12.7 Å². The number of rotatable bonds is 10. The van der Waals surface area contributed by atoms with Crippen LogP contribution in [0.25, 0.3) is 0 Å². The molecule has 0 aromatic heterocycles. The highest BCUT2D eigenvalue weighted by molar-refractivity contribution is 7.86. The molecule has 0 N–H and O–H groups in total. The van der Waals surface area contributed by atoms with Crippen LogP contribution in [0, 0.1) is 6.92 Å². The summed E-state index contributed by atoms with van der Waals surface area (Å²) in [6, 6.07) is 20.8. The lowest BCUT2D eigenvalue weighted by Gasteiger charge is -2.24. The molecule has 0 spiro atoms. The van der Waals surface area contributed by atoms with E-state index in [0.29, 0.717) is 11.4 Å². The third-order valence-corrected chi connectivity index (χ3v) is 6.53. The van der Waals surface area contributed by atoms with Gasteiger partial charge < -0.3 is 9.47 Å². The van der Waals surface area contributed by atoms with Crippen molar-refractivity contribution in [2.24, 2.45) is 10.2 Å². The van der Waals surface area contributed by atoms with E-state index in [-0.39, 0.29) is 18.1 Å². The van der Waals surface area contributed by atoms with Crippen molar-refractivity contribution in [3.8, 4) is 5.75 Å². The van der Waals surface area contributed by atoms with Crippen LogP contribution >= 0.6 is 0 Å². The number of carbonyl (C=O) groups is 1. The molecule has 0 bridgehead atoms. The van der Waals surface area contributed by atoms with E-state index in [4.69, 9.17) is 13.7 Å². The van der Waals surface area contributed by atoms with Crippen LogP contribution in [0.15, 0.2) is 87.9 Å². The Morgan fingerprint density at radius 1 is 0.846 bits per heavy atom. The fourth-order valence-electron chi connectivity index (χ4n) is 3.15. The Hall–Kier alpha value is -4.02. The van der Waals surface area contributed by atoms with Crippen molar-refractivity contribution in [1.82, 2.24) is 0 Å². The van der Waals surface area contributed by atoms with Gasteiger partial charge in [-0.1, -0.05) is 29.8 Å². The standard InChI is InChI=1S/C29H33N3O6S/c1-22-6-16-27(17-7-22)39(34,35)37-19-18-36-26-14-10-24(11-15-26)21-31-30-20-23-8-12-25(13-9-23)32(5)28(33)38-29(2,3)4/h6-17,20-21H,18-19H2,1-5H3/b30-20+,31-21+. The Bertz CT molecular complexity index is 1390. The Morgan fingerprint density at radius 3 is 1.92 bits per heavy atom. The first-order valence-corrected chi connectivity index (χ1v) is 13.7. The molecule has 0 fully saturated rings. The van der Waals surface area contributed by atoms with Gasteiger partial charge in [0.15, 0.2) is 0 Å². The van der Waals surface area contributed by atoms with E-state index in [1.807, 2.05) is 39.8 Å². The highest BCUT2D eigenvalue weighted by atomic mass is 32.2. The first-order valence-electron chi connectivity index (χ1n) is 12.3. The second kappa shape index (κ2) is 13.2. The zero-order chi connectivity index (χ0) is 28.5. The monoisotopic (exact) mass is 551 g/mol. The minimum absolute atomic E-state index is 0.0785. The minimum atomic E-state index is -3.82. The smallest absolute Gasteiger partial charge is 0.414 e. The van der Waals surface area contributed by atoms with Gasteiger partial charge in [0.25, 0.3) is 10.1 Å². The molecule has 0 unspecified atom stereocenters. The summed E-state index contributed by atoms with van der Waals surface area (Å²) in [6.07, 6.45) is 2.78. The average molecular weight is 552 g/mol. The predicted octanol–water partition coefficient (Wildman–Crippen LogP) is 5.60. The van der Waals surface area contributed by atoms with Crippen molar-refractivity contribution in [3.05, 3.63) is 89.5 Å². The predicted molar refractivity (Wildman–Crippen MR) is 153 cm³/mol. The third-order valence-electron chi connectivity index (χ3n) is 5.21. The maximum Gasteiger partial charge on any atom is 0.414 e. The Balaban J connectivity index is 1.44. The number of amides is 1. The molecule has 0 saturated carbocycles. The summed E-state index contributed by atoms with van der Waals surface area (Å²) in [5.41, 5.74) is 2.74. The number of anilines is 1. The van der Waals surface area contributed by atoms with Gasteiger partial charge in [-0.2, -0.15) is 18.6 Å². The third kappa shape index (κ3) is 9.66. The summed E-state index contributed by atoms with van der Waals surface area (Å²) in [4.78, 5) is 13.7. The zero-order valence-electron chi connectivity index (χ0n) is 22.7. The summed E-state index contributed by atoms with van der Waals surface area (Å²) in [6.45, 7) is 7.32. The molecule has 3 rings (SSSR count). The van der Waals surface area contributed by atoms with Gasteiger partial charge in [0.1, 0.15) is 24.6 Å². The van der Waals surface area contributed by atoms with Gasteiger partial charge in [-0.25, -0.2) is 4.79 Å². The van der Waals surface area contributed by atoms with Crippen molar-refractivity contribution in [3.63, 3.8) is 0 Å². The molecule has 0 saturated heterocycles. The van der Waals surface area contributed by atoms with E-state index in [0.717, 1.165) is 16.7 Å². The molecule has 0 heterocycles. The van der Waals surface area contributed by atoms with Gasteiger partial charge in [-0.05, 0) is 87.4 Å². The van der Waals surface area contributed by atoms with Crippen LogP contribution in [-0.2, 0) is 19.0 Å². The zero-order valence-corrected chi connectivity index (χ0v) is 23.5. The fourth-order valence-corrected chi connectivity index (χ4v) is 4.04. The van der Waals surface area contributed by atoms with Crippen LogP contribution in [0.5, 0.6) is 5.75 Å². The van der Waals surface area contributed by atoms with Gasteiger partial charge in [-0.15, -0.1) is 0 Å². The maximum absolute atomic E-state index is 12.2. The quantitative estimate of drug-likeness (QED) is 0.140. The summed E-state index contributed by atoms with van der Waals surface area (Å²) >= 11 is 0. The van der Waals surface area contributed by atoms with E-state index >= 15 is 0 Å². The van der Waals surface area contributed by atoms with Gasteiger partial charge >= 0.3 is 6.09 Å². The largest absolute Gasteiger partial charge is 0.491 e. The maximum atomic E-state index is 12.2. The molecule has 3 aromatic carbocycles. The van der Waals surface area contributed by atoms with Gasteiger partial charge in [-0.3, -0.25) is 9.08 Å². The highest BCUT2D eigenvalue weighted by Crippen LogP contribution is 2.18. The molecule has 9 nitrogen and oxygen atoms in total. The summed E-state index contributed by atoms with van der Waals surface area (Å²) in [5, 5.41) is 8.13. The lowest BCUT2D eigenvalue weighted by Crippen LogP contribution is -2.34. The number of hydrogen-bond acceptors (Lipinski definition) is 8. The van der Waals surface area contributed by atoms with Crippen molar-refractivity contribution in [2.75, 3.05) is 25.2 Å². The molecule has 1 amide bonds. The van der Waals surface area contributed by atoms with E-state index in [2.05, 4.69) is 10.2 Å². The van der Waals surface area contributed by atoms with Crippen molar-refractivity contribution in [1.29, 1.82) is 0 Å². The molecule has 0 aliphatic carbocycles. The molecular weight excluding hydrogens is 518 g/mol. The lowest BCUT2D eigenvalue weighted by molar-refractivity contribution is 0.0589. The second-order valence-electron chi connectivity index (χ2n) is 9.63. The molecule has 0 atom stereocenters. The van der Waals surface area contributed by atoms with Crippen LogP contribution in [0.2, 0.25) is 0 Å². The summed E-state index contributed by atoms with van der Waals surface area (Å²) in [7, 11) is -2.16. The normalized spacial score (nSPS) is 12.1. The van der Waals surface area contributed by atoms with E-state index in [1.54, 1.807) is 68.0 Å².